The van der Waals surface area contributed by atoms with E-state index in [2.05, 4.69) is 26.2 Å². The van der Waals surface area contributed by atoms with Crippen LogP contribution in [-0.4, -0.2) is 15.8 Å². The molecule has 0 bridgehead atoms. The average molecular weight is 375 g/mol. The number of hydrogen-bond donors (Lipinski definition) is 1. The molecule has 21 heavy (non-hydrogen) atoms. The lowest BCUT2D eigenvalue weighted by Crippen LogP contribution is -2.13. The summed E-state index contributed by atoms with van der Waals surface area (Å²) in [4.78, 5) is 25.7. The number of pyridine rings is 1. The fourth-order valence-corrected chi connectivity index (χ4v) is 2.09. The molecule has 0 spiro atoms. The van der Waals surface area contributed by atoms with Crippen molar-refractivity contribution >= 4 is 44.8 Å². The molecule has 1 heterocycles. The molecule has 2 aromatic rings. The predicted molar refractivity (Wildman–Crippen MR) is 78.0 cm³/mol. The second-order valence-electron chi connectivity index (χ2n) is 3.87. The largest absolute Gasteiger partial charge is 0.322 e. The summed E-state index contributed by atoms with van der Waals surface area (Å²) in [6.45, 7) is 0. The first-order valence-electron chi connectivity index (χ1n) is 5.45. The van der Waals surface area contributed by atoms with Gasteiger partial charge in [-0.2, -0.15) is 0 Å². The minimum Gasteiger partial charge on any atom is -0.322 e. The van der Waals surface area contributed by atoms with Crippen LogP contribution < -0.4 is 5.32 Å². The van der Waals surface area contributed by atoms with E-state index in [9.17, 15) is 19.3 Å². The minimum atomic E-state index is -0.719. The van der Waals surface area contributed by atoms with Gasteiger partial charge in [-0.25, -0.2) is 9.37 Å². The van der Waals surface area contributed by atoms with Crippen molar-refractivity contribution < 1.29 is 14.1 Å². The fourth-order valence-electron chi connectivity index (χ4n) is 1.51. The van der Waals surface area contributed by atoms with Crippen molar-refractivity contribution in [2.45, 2.75) is 0 Å². The summed E-state index contributed by atoms with van der Waals surface area (Å²) in [6.07, 6.45) is 0.879. The van der Waals surface area contributed by atoms with Gasteiger partial charge < -0.3 is 5.32 Å². The Morgan fingerprint density at radius 1 is 1.43 bits per heavy atom. The number of aromatic nitrogens is 1. The first-order valence-corrected chi connectivity index (χ1v) is 6.62. The molecule has 0 aliphatic heterocycles. The number of carbonyl (C=O) groups excluding carboxylic acids is 1. The first-order chi connectivity index (χ1) is 9.88. The van der Waals surface area contributed by atoms with E-state index in [1.165, 1.54) is 18.2 Å². The molecule has 1 amide bonds. The quantitative estimate of drug-likeness (QED) is 0.503. The zero-order valence-electron chi connectivity index (χ0n) is 10.1. The second-order valence-corrected chi connectivity index (χ2v) is 5.08. The van der Waals surface area contributed by atoms with Gasteiger partial charge in [-0.15, -0.1) is 0 Å². The lowest BCUT2D eigenvalue weighted by atomic mass is 10.2. The SMILES string of the molecule is O=C(Nc1ccc(Br)c([N+](=O)[O-])c1)c1cc(F)cnc1Cl. The van der Waals surface area contributed by atoms with Crippen LogP contribution in [-0.2, 0) is 0 Å². The van der Waals surface area contributed by atoms with Crippen LogP contribution in [0.1, 0.15) is 10.4 Å². The molecule has 1 N–H and O–H groups in total. The van der Waals surface area contributed by atoms with E-state index >= 15 is 0 Å². The number of nitrogens with one attached hydrogen (secondary N) is 1. The fraction of sp³-hybridized carbons (Fsp3) is 0. The maximum Gasteiger partial charge on any atom is 0.285 e. The topological polar surface area (TPSA) is 85.1 Å². The molecular formula is C12H6BrClFN3O3. The average Bonchev–Trinajstić information content (AvgIpc) is 2.43. The zero-order chi connectivity index (χ0) is 15.6. The summed E-state index contributed by atoms with van der Waals surface area (Å²) >= 11 is 8.74. The Morgan fingerprint density at radius 3 is 2.81 bits per heavy atom. The summed E-state index contributed by atoms with van der Waals surface area (Å²) in [5.74, 6) is -1.44. The standard InChI is InChI=1S/C12H6BrClFN3O3/c13-9-2-1-7(4-10(9)18(20)21)17-12(19)8-3-6(15)5-16-11(8)14/h1-5H,(H,17,19). The first kappa shape index (κ1) is 15.3. The Bertz CT molecular complexity index is 742. The highest BCUT2D eigenvalue weighted by Crippen LogP contribution is 2.28. The number of nitrogens with zero attached hydrogens (tertiary/aromatic N) is 2. The number of halogens is 3. The number of anilines is 1. The number of carbonyl (C=O) groups is 1. The van der Waals surface area contributed by atoms with Gasteiger partial charge >= 0.3 is 0 Å². The van der Waals surface area contributed by atoms with Crippen LogP contribution in [0.5, 0.6) is 0 Å². The maximum absolute atomic E-state index is 13.1. The van der Waals surface area contributed by atoms with Crippen LogP contribution >= 0.6 is 27.5 Å². The monoisotopic (exact) mass is 373 g/mol. The third-order valence-corrected chi connectivity index (χ3v) is 3.42. The lowest BCUT2D eigenvalue weighted by Gasteiger charge is -2.07. The van der Waals surface area contributed by atoms with E-state index in [0.29, 0.717) is 0 Å². The molecule has 9 heteroatoms. The van der Waals surface area contributed by atoms with Gasteiger partial charge in [-0.05, 0) is 34.1 Å². The number of benzene rings is 1. The maximum atomic E-state index is 13.1. The van der Waals surface area contributed by atoms with Gasteiger partial charge in [0.15, 0.2) is 0 Å². The molecule has 2 rings (SSSR count). The Balaban J connectivity index is 2.29. The van der Waals surface area contributed by atoms with Crippen molar-refractivity contribution in [1.82, 2.24) is 4.98 Å². The van der Waals surface area contributed by atoms with E-state index in [1.54, 1.807) is 0 Å². The Hall–Kier alpha value is -2.06. The van der Waals surface area contributed by atoms with Crippen molar-refractivity contribution in [2.24, 2.45) is 0 Å². The summed E-state index contributed by atoms with van der Waals surface area (Å²) in [6, 6.07) is 4.97. The molecule has 0 aliphatic carbocycles. The summed E-state index contributed by atoms with van der Waals surface area (Å²) in [5, 5.41) is 13.0. The molecule has 0 saturated heterocycles. The van der Waals surface area contributed by atoms with Gasteiger partial charge in [0.2, 0.25) is 0 Å². The van der Waals surface area contributed by atoms with E-state index in [1.807, 2.05) is 0 Å². The van der Waals surface area contributed by atoms with Crippen molar-refractivity contribution in [3.05, 3.63) is 61.6 Å². The van der Waals surface area contributed by atoms with Gasteiger partial charge in [0.1, 0.15) is 11.0 Å². The smallest absolute Gasteiger partial charge is 0.285 e. The van der Waals surface area contributed by atoms with Gasteiger partial charge in [0.25, 0.3) is 11.6 Å². The molecular weight excluding hydrogens is 369 g/mol. The van der Waals surface area contributed by atoms with Crippen molar-refractivity contribution in [3.8, 4) is 0 Å². The molecule has 0 saturated carbocycles. The van der Waals surface area contributed by atoms with Crippen LogP contribution in [0.2, 0.25) is 5.15 Å². The van der Waals surface area contributed by atoms with Gasteiger partial charge in [0, 0.05) is 11.8 Å². The highest BCUT2D eigenvalue weighted by molar-refractivity contribution is 9.10. The Morgan fingerprint density at radius 2 is 2.14 bits per heavy atom. The second kappa shape index (κ2) is 6.15. The number of nitro benzene ring substituents is 1. The highest BCUT2D eigenvalue weighted by Gasteiger charge is 2.16. The van der Waals surface area contributed by atoms with Gasteiger partial charge in [-0.1, -0.05) is 11.6 Å². The van der Waals surface area contributed by atoms with Crippen LogP contribution in [0.25, 0.3) is 0 Å². The molecule has 0 aliphatic rings. The highest BCUT2D eigenvalue weighted by atomic mass is 79.9. The van der Waals surface area contributed by atoms with Crippen molar-refractivity contribution in [2.75, 3.05) is 5.32 Å². The van der Waals surface area contributed by atoms with E-state index in [4.69, 9.17) is 11.6 Å². The Kier molecular flexibility index (Phi) is 4.49. The van der Waals surface area contributed by atoms with Crippen LogP contribution in [0, 0.1) is 15.9 Å². The number of rotatable bonds is 3. The summed E-state index contributed by atoms with van der Waals surface area (Å²) in [5.41, 5.74) is -0.200. The molecule has 0 radical (unpaired) electrons. The van der Waals surface area contributed by atoms with E-state index < -0.39 is 16.6 Å². The van der Waals surface area contributed by atoms with Crippen molar-refractivity contribution in [1.29, 1.82) is 0 Å². The van der Waals surface area contributed by atoms with Crippen LogP contribution in [0.3, 0.4) is 0 Å². The third-order valence-electron chi connectivity index (χ3n) is 2.45. The van der Waals surface area contributed by atoms with E-state index in [0.717, 1.165) is 12.3 Å². The number of nitro groups is 1. The molecule has 108 valence electrons. The van der Waals surface area contributed by atoms with E-state index in [-0.39, 0.29) is 26.6 Å². The normalized spacial score (nSPS) is 10.2. The lowest BCUT2D eigenvalue weighted by molar-refractivity contribution is -0.385. The minimum absolute atomic E-state index is 0.165. The number of amides is 1. The molecule has 1 aromatic heterocycles. The van der Waals surface area contributed by atoms with Crippen LogP contribution in [0.15, 0.2) is 34.9 Å². The molecule has 6 nitrogen and oxygen atoms in total. The summed E-state index contributed by atoms with van der Waals surface area (Å²) in [7, 11) is 0. The summed E-state index contributed by atoms with van der Waals surface area (Å²) < 4.78 is 13.3. The Labute approximate surface area is 131 Å². The molecule has 0 unspecified atom stereocenters. The molecule has 0 atom stereocenters. The van der Waals surface area contributed by atoms with Gasteiger partial charge in [0.05, 0.1) is 21.2 Å². The zero-order valence-corrected chi connectivity index (χ0v) is 12.5. The number of hydrogen-bond acceptors (Lipinski definition) is 4. The molecule has 0 fully saturated rings. The molecule has 1 aromatic carbocycles. The van der Waals surface area contributed by atoms with Crippen LogP contribution in [0.4, 0.5) is 15.8 Å². The van der Waals surface area contributed by atoms with Crippen molar-refractivity contribution in [3.63, 3.8) is 0 Å². The third kappa shape index (κ3) is 3.53. The predicted octanol–water partition coefficient (Wildman–Crippen LogP) is 3.80. The van der Waals surface area contributed by atoms with Gasteiger partial charge in [-0.3, -0.25) is 14.9 Å².